The first-order chi connectivity index (χ1) is 11.2. The molecule has 0 saturated carbocycles. The fourth-order valence-corrected chi connectivity index (χ4v) is 4.55. The van der Waals surface area contributed by atoms with Gasteiger partial charge >= 0.3 is 0 Å². The molecule has 3 rings (SSSR count). The van der Waals surface area contributed by atoms with Crippen LogP contribution in [0.5, 0.6) is 0 Å². The van der Waals surface area contributed by atoms with Crippen molar-refractivity contribution in [3.63, 3.8) is 0 Å². The van der Waals surface area contributed by atoms with Crippen LogP contribution in [-0.2, 0) is 4.79 Å². The number of hydrogen-bond donors (Lipinski definition) is 0. The van der Waals surface area contributed by atoms with Crippen LogP contribution in [0.4, 0.5) is 5.13 Å². The number of piperazine rings is 1. The number of carbonyl (C=O) groups is 1. The van der Waals surface area contributed by atoms with Crippen molar-refractivity contribution in [1.82, 2.24) is 15.1 Å². The van der Waals surface area contributed by atoms with Gasteiger partial charge in [-0.3, -0.25) is 4.79 Å². The molecule has 0 atom stereocenters. The van der Waals surface area contributed by atoms with Crippen molar-refractivity contribution in [3.05, 3.63) is 17.5 Å². The van der Waals surface area contributed by atoms with Crippen molar-refractivity contribution in [1.29, 1.82) is 0 Å². The summed E-state index contributed by atoms with van der Waals surface area (Å²) in [6.07, 6.45) is 1.85. The summed E-state index contributed by atoms with van der Waals surface area (Å²) in [7, 11) is 0. The van der Waals surface area contributed by atoms with E-state index in [4.69, 9.17) is 0 Å². The van der Waals surface area contributed by atoms with Crippen LogP contribution in [0.15, 0.2) is 17.5 Å². The molecule has 0 radical (unpaired) electrons. The average Bonchev–Trinajstić information content (AvgIpc) is 3.27. The number of hydrogen-bond acceptors (Lipinski definition) is 6. The van der Waals surface area contributed by atoms with E-state index in [9.17, 15) is 4.79 Å². The predicted molar refractivity (Wildman–Crippen MR) is 96.1 cm³/mol. The Balaban J connectivity index is 1.60. The smallest absolute Gasteiger partial charge is 0.225 e. The van der Waals surface area contributed by atoms with Gasteiger partial charge in [-0.1, -0.05) is 31.3 Å². The molecule has 1 amide bonds. The number of carbonyl (C=O) groups excluding carboxylic acids is 1. The van der Waals surface area contributed by atoms with Crippen molar-refractivity contribution in [2.24, 2.45) is 5.92 Å². The Morgan fingerprint density at radius 3 is 2.57 bits per heavy atom. The van der Waals surface area contributed by atoms with Gasteiger partial charge in [-0.15, -0.1) is 21.5 Å². The minimum atomic E-state index is 0.175. The lowest BCUT2D eigenvalue weighted by atomic mass is 10.0. The van der Waals surface area contributed by atoms with E-state index in [0.717, 1.165) is 54.0 Å². The van der Waals surface area contributed by atoms with Crippen molar-refractivity contribution >= 4 is 33.7 Å². The first-order valence-electron chi connectivity index (χ1n) is 8.14. The zero-order chi connectivity index (χ0) is 16.2. The van der Waals surface area contributed by atoms with Crippen LogP contribution in [0.3, 0.4) is 0 Å². The molecule has 0 aliphatic carbocycles. The molecule has 7 heteroatoms. The maximum atomic E-state index is 12.4. The molecule has 0 N–H and O–H groups in total. The highest BCUT2D eigenvalue weighted by atomic mass is 32.1. The van der Waals surface area contributed by atoms with E-state index in [1.807, 2.05) is 11.0 Å². The van der Waals surface area contributed by atoms with Crippen LogP contribution >= 0.6 is 22.7 Å². The number of thiophene rings is 1. The number of nitrogens with zero attached hydrogens (tertiary/aromatic N) is 4. The lowest BCUT2D eigenvalue weighted by Crippen LogP contribution is -2.50. The number of aromatic nitrogens is 2. The van der Waals surface area contributed by atoms with Crippen LogP contribution in [0.2, 0.25) is 0 Å². The summed E-state index contributed by atoms with van der Waals surface area (Å²) in [4.78, 5) is 17.9. The normalized spacial score (nSPS) is 15.4. The Labute approximate surface area is 145 Å². The minimum absolute atomic E-state index is 0.175. The third-order valence-corrected chi connectivity index (χ3v) is 6.37. The van der Waals surface area contributed by atoms with E-state index >= 15 is 0 Å². The van der Waals surface area contributed by atoms with E-state index in [2.05, 4.69) is 40.4 Å². The summed E-state index contributed by atoms with van der Waals surface area (Å²) in [6.45, 7) is 7.42. The van der Waals surface area contributed by atoms with E-state index in [0.29, 0.717) is 5.91 Å². The van der Waals surface area contributed by atoms with Gasteiger partial charge in [-0.05, 0) is 24.3 Å². The maximum absolute atomic E-state index is 12.4. The second kappa shape index (κ2) is 7.40. The second-order valence-electron chi connectivity index (χ2n) is 5.69. The molecule has 124 valence electrons. The Morgan fingerprint density at radius 2 is 1.96 bits per heavy atom. The number of anilines is 1. The molecule has 0 aromatic carbocycles. The monoisotopic (exact) mass is 350 g/mol. The van der Waals surface area contributed by atoms with E-state index in [-0.39, 0.29) is 5.92 Å². The van der Waals surface area contributed by atoms with Gasteiger partial charge in [0, 0.05) is 32.1 Å². The topological polar surface area (TPSA) is 49.3 Å². The van der Waals surface area contributed by atoms with Crippen LogP contribution < -0.4 is 4.90 Å². The summed E-state index contributed by atoms with van der Waals surface area (Å²) in [5.41, 5.74) is 0. The molecule has 0 spiro atoms. The quantitative estimate of drug-likeness (QED) is 0.830. The molecule has 1 aliphatic heterocycles. The van der Waals surface area contributed by atoms with E-state index < -0.39 is 0 Å². The lowest BCUT2D eigenvalue weighted by molar-refractivity contribution is -0.136. The largest absolute Gasteiger partial charge is 0.343 e. The Kier molecular flexibility index (Phi) is 5.27. The SMILES string of the molecule is CCC(CC)C(=O)N1CCN(c2nnc(-c3cccs3)s2)CC1. The fraction of sp³-hybridized carbons (Fsp3) is 0.562. The third kappa shape index (κ3) is 3.55. The van der Waals surface area contributed by atoms with E-state index in [1.165, 1.54) is 0 Å². The van der Waals surface area contributed by atoms with E-state index in [1.54, 1.807) is 22.7 Å². The second-order valence-corrected chi connectivity index (χ2v) is 7.60. The predicted octanol–water partition coefficient (Wildman–Crippen LogP) is 3.35. The average molecular weight is 351 g/mol. The van der Waals surface area contributed by atoms with Crippen molar-refractivity contribution in [2.75, 3.05) is 31.1 Å². The highest BCUT2D eigenvalue weighted by Crippen LogP contribution is 2.31. The molecule has 1 fully saturated rings. The molecule has 2 aromatic heterocycles. The standard InChI is InChI=1S/C16H22N4OS2/c1-3-12(4-2)15(21)19-7-9-20(10-8-19)16-18-17-14(23-16)13-6-5-11-22-13/h5-6,11-12H,3-4,7-10H2,1-2H3. The Morgan fingerprint density at radius 1 is 1.22 bits per heavy atom. The van der Waals surface area contributed by atoms with Gasteiger partial charge in [0.05, 0.1) is 4.88 Å². The zero-order valence-electron chi connectivity index (χ0n) is 13.6. The zero-order valence-corrected chi connectivity index (χ0v) is 15.2. The van der Waals surface area contributed by atoms with Crippen LogP contribution in [0.1, 0.15) is 26.7 Å². The summed E-state index contributed by atoms with van der Waals surface area (Å²) >= 11 is 3.32. The molecular formula is C16H22N4OS2. The molecule has 5 nitrogen and oxygen atoms in total. The van der Waals surface area contributed by atoms with Gasteiger partial charge in [0.15, 0.2) is 5.01 Å². The maximum Gasteiger partial charge on any atom is 0.225 e. The fourth-order valence-electron chi connectivity index (χ4n) is 2.86. The number of amides is 1. The summed E-state index contributed by atoms with van der Waals surface area (Å²) in [6, 6.07) is 4.10. The minimum Gasteiger partial charge on any atom is -0.343 e. The molecule has 2 aromatic rings. The van der Waals surface area contributed by atoms with Gasteiger partial charge in [0.25, 0.3) is 0 Å². The molecule has 0 bridgehead atoms. The van der Waals surface area contributed by atoms with Crippen molar-refractivity contribution in [3.8, 4) is 9.88 Å². The van der Waals surface area contributed by atoms with Crippen LogP contribution in [-0.4, -0.2) is 47.2 Å². The van der Waals surface area contributed by atoms with Crippen LogP contribution in [0.25, 0.3) is 9.88 Å². The van der Waals surface area contributed by atoms with Gasteiger partial charge in [0.2, 0.25) is 11.0 Å². The van der Waals surface area contributed by atoms with Crippen molar-refractivity contribution < 1.29 is 4.79 Å². The Bertz CT molecular complexity index is 628. The molecule has 23 heavy (non-hydrogen) atoms. The first kappa shape index (κ1) is 16.4. The molecule has 1 saturated heterocycles. The summed E-state index contributed by atoms with van der Waals surface area (Å²) < 4.78 is 0. The first-order valence-corrected chi connectivity index (χ1v) is 9.83. The molecular weight excluding hydrogens is 328 g/mol. The molecule has 0 unspecified atom stereocenters. The van der Waals surface area contributed by atoms with Gasteiger partial charge < -0.3 is 9.80 Å². The summed E-state index contributed by atoms with van der Waals surface area (Å²) in [5.74, 6) is 0.486. The van der Waals surface area contributed by atoms with Gasteiger partial charge in [0.1, 0.15) is 0 Å². The van der Waals surface area contributed by atoms with Crippen LogP contribution in [0, 0.1) is 5.92 Å². The van der Waals surface area contributed by atoms with Crippen molar-refractivity contribution in [2.45, 2.75) is 26.7 Å². The summed E-state index contributed by atoms with van der Waals surface area (Å²) in [5, 5.41) is 12.6. The van der Waals surface area contributed by atoms with Gasteiger partial charge in [-0.2, -0.15) is 0 Å². The number of rotatable bonds is 5. The highest BCUT2D eigenvalue weighted by molar-refractivity contribution is 7.22. The third-order valence-electron chi connectivity index (χ3n) is 4.34. The Hall–Kier alpha value is -1.47. The highest BCUT2D eigenvalue weighted by Gasteiger charge is 2.26. The lowest BCUT2D eigenvalue weighted by Gasteiger charge is -2.35. The van der Waals surface area contributed by atoms with Gasteiger partial charge in [-0.25, -0.2) is 0 Å². The molecule has 1 aliphatic rings. The molecule has 3 heterocycles.